The molecule has 0 radical (unpaired) electrons. The predicted octanol–water partition coefficient (Wildman–Crippen LogP) is 3.63. The van der Waals surface area contributed by atoms with E-state index in [0.717, 1.165) is 37.6 Å². The van der Waals surface area contributed by atoms with Crippen LogP contribution in [0, 0.1) is 10.1 Å². The van der Waals surface area contributed by atoms with Gasteiger partial charge in [-0.15, -0.1) is 0 Å². The van der Waals surface area contributed by atoms with Crippen molar-refractivity contribution in [2.75, 3.05) is 45.3 Å². The topological polar surface area (TPSA) is 103 Å². The molecule has 0 N–H and O–H groups in total. The molecule has 3 aromatic carbocycles. The van der Waals surface area contributed by atoms with E-state index in [4.69, 9.17) is 14.5 Å². The van der Waals surface area contributed by atoms with Crippen LogP contribution in [0.4, 0.5) is 11.4 Å². The van der Waals surface area contributed by atoms with E-state index >= 15 is 0 Å². The molecule has 0 spiro atoms. The van der Waals surface area contributed by atoms with Crippen LogP contribution in [0.15, 0.2) is 71.5 Å². The Kier molecular flexibility index (Phi) is 6.74. The highest BCUT2D eigenvalue weighted by atomic mass is 16.6. The van der Waals surface area contributed by atoms with E-state index in [1.807, 2.05) is 18.2 Å². The quantitative estimate of drug-likeness (QED) is 0.279. The minimum absolute atomic E-state index is 0.148. The molecule has 0 bridgehead atoms. The molecule has 0 aliphatic carbocycles. The Balaban J connectivity index is 1.48. The molecule has 1 aliphatic heterocycles. The van der Waals surface area contributed by atoms with Crippen molar-refractivity contribution in [2.45, 2.75) is 6.54 Å². The summed E-state index contributed by atoms with van der Waals surface area (Å²) >= 11 is 0. The molecule has 0 unspecified atom stereocenters. The first-order valence-corrected chi connectivity index (χ1v) is 11.9. The molecule has 4 aromatic rings. The highest BCUT2D eigenvalue weighted by Crippen LogP contribution is 2.24. The first-order valence-electron chi connectivity index (χ1n) is 11.9. The molecule has 1 saturated heterocycles. The molecule has 10 nitrogen and oxygen atoms in total. The number of benzene rings is 3. The lowest BCUT2D eigenvalue weighted by atomic mass is 10.2. The van der Waals surface area contributed by atoms with Gasteiger partial charge in [0, 0.05) is 56.1 Å². The first-order chi connectivity index (χ1) is 18.0. The zero-order valence-electron chi connectivity index (χ0n) is 20.7. The number of hydrogen-bond donors (Lipinski definition) is 0. The zero-order chi connectivity index (χ0) is 25.9. The number of methoxy groups -OCH3 is 2. The molecule has 0 atom stereocenters. The van der Waals surface area contributed by atoms with Gasteiger partial charge in [-0.05, 0) is 30.3 Å². The minimum Gasteiger partial charge on any atom is -0.497 e. The van der Waals surface area contributed by atoms with E-state index in [-0.39, 0.29) is 16.6 Å². The lowest BCUT2D eigenvalue weighted by Gasteiger charge is -2.36. The average molecular weight is 502 g/mol. The van der Waals surface area contributed by atoms with Gasteiger partial charge in [0.25, 0.3) is 11.2 Å². The number of non-ortho nitro benzene ring substituents is 1. The predicted molar refractivity (Wildman–Crippen MR) is 141 cm³/mol. The van der Waals surface area contributed by atoms with Crippen LogP contribution in [-0.4, -0.2) is 59.8 Å². The van der Waals surface area contributed by atoms with Crippen LogP contribution >= 0.6 is 0 Å². The van der Waals surface area contributed by atoms with Crippen molar-refractivity contribution in [3.63, 3.8) is 0 Å². The summed E-state index contributed by atoms with van der Waals surface area (Å²) in [5, 5.41) is 11.5. The van der Waals surface area contributed by atoms with Crippen molar-refractivity contribution >= 4 is 22.3 Å². The Labute approximate surface area is 213 Å². The molecule has 5 rings (SSSR count). The van der Waals surface area contributed by atoms with E-state index in [1.54, 1.807) is 38.5 Å². The smallest absolute Gasteiger partial charge is 0.270 e. The van der Waals surface area contributed by atoms with Crippen molar-refractivity contribution in [1.82, 2.24) is 14.5 Å². The van der Waals surface area contributed by atoms with Gasteiger partial charge < -0.3 is 14.4 Å². The average Bonchev–Trinajstić information content (AvgIpc) is 2.93. The normalized spacial score (nSPS) is 14.1. The number of anilines is 1. The van der Waals surface area contributed by atoms with E-state index in [0.29, 0.717) is 29.3 Å². The van der Waals surface area contributed by atoms with E-state index in [9.17, 15) is 14.9 Å². The molecule has 10 heteroatoms. The van der Waals surface area contributed by atoms with E-state index in [1.165, 1.54) is 22.8 Å². The van der Waals surface area contributed by atoms with Crippen molar-refractivity contribution < 1.29 is 14.4 Å². The van der Waals surface area contributed by atoms with Crippen LogP contribution in [0.3, 0.4) is 0 Å². The van der Waals surface area contributed by atoms with Crippen LogP contribution in [-0.2, 0) is 6.54 Å². The number of hydrogen-bond acceptors (Lipinski definition) is 8. The molecule has 0 saturated carbocycles. The van der Waals surface area contributed by atoms with Gasteiger partial charge >= 0.3 is 0 Å². The monoisotopic (exact) mass is 501 g/mol. The fourth-order valence-electron chi connectivity index (χ4n) is 4.63. The van der Waals surface area contributed by atoms with Crippen LogP contribution < -0.4 is 19.9 Å². The third-order valence-electron chi connectivity index (χ3n) is 6.60. The number of ether oxygens (including phenoxy) is 2. The molecule has 1 aromatic heterocycles. The van der Waals surface area contributed by atoms with Gasteiger partial charge in [0.2, 0.25) is 0 Å². The molecular weight excluding hydrogens is 474 g/mol. The van der Waals surface area contributed by atoms with Crippen molar-refractivity contribution in [2.24, 2.45) is 0 Å². The van der Waals surface area contributed by atoms with Crippen LogP contribution in [0.5, 0.6) is 11.5 Å². The number of nitrogens with zero attached hydrogens (tertiary/aromatic N) is 5. The molecule has 1 fully saturated rings. The summed E-state index contributed by atoms with van der Waals surface area (Å²) in [7, 11) is 3.22. The summed E-state index contributed by atoms with van der Waals surface area (Å²) in [6.45, 7) is 3.64. The Morgan fingerprint density at radius 1 is 0.892 bits per heavy atom. The maximum atomic E-state index is 13.7. The third-order valence-corrected chi connectivity index (χ3v) is 6.60. The highest BCUT2D eigenvalue weighted by molar-refractivity contribution is 5.80. The minimum atomic E-state index is -0.509. The van der Waals surface area contributed by atoms with Crippen molar-refractivity contribution in [3.8, 4) is 17.2 Å². The number of aromatic nitrogens is 2. The molecule has 1 aliphatic rings. The lowest BCUT2D eigenvalue weighted by molar-refractivity contribution is -0.384. The van der Waals surface area contributed by atoms with Gasteiger partial charge in [0.05, 0.1) is 42.3 Å². The summed E-state index contributed by atoms with van der Waals surface area (Å²) in [6.07, 6.45) is 0. The Hall–Kier alpha value is -4.44. The second-order valence-electron chi connectivity index (χ2n) is 8.79. The number of nitro benzene ring substituents is 1. The number of rotatable bonds is 7. The maximum Gasteiger partial charge on any atom is 0.270 e. The van der Waals surface area contributed by atoms with Crippen LogP contribution in [0.25, 0.3) is 16.6 Å². The van der Waals surface area contributed by atoms with E-state index in [2.05, 4.69) is 15.9 Å². The summed E-state index contributed by atoms with van der Waals surface area (Å²) in [5.74, 6) is 1.98. The van der Waals surface area contributed by atoms with Gasteiger partial charge in [-0.2, -0.15) is 0 Å². The number of nitro groups is 1. The molecule has 37 heavy (non-hydrogen) atoms. The van der Waals surface area contributed by atoms with Gasteiger partial charge in [0.1, 0.15) is 17.3 Å². The summed E-state index contributed by atoms with van der Waals surface area (Å²) in [4.78, 5) is 33.9. The van der Waals surface area contributed by atoms with Crippen LogP contribution in [0.2, 0.25) is 0 Å². The fraction of sp³-hybridized carbons (Fsp3) is 0.259. The third kappa shape index (κ3) is 4.96. The lowest BCUT2D eigenvalue weighted by Crippen LogP contribution is -2.46. The molecule has 190 valence electrons. The second-order valence-corrected chi connectivity index (χ2v) is 8.79. The Morgan fingerprint density at radius 3 is 2.19 bits per heavy atom. The second kappa shape index (κ2) is 10.3. The van der Waals surface area contributed by atoms with Gasteiger partial charge in [-0.1, -0.05) is 12.1 Å². The SMILES string of the molecule is COc1cccc(N2CCN(Cc3nc4ccc([N+](=O)[O-])cc4c(=O)n3-c3cccc(OC)c3)CC2)c1. The summed E-state index contributed by atoms with van der Waals surface area (Å²) < 4.78 is 12.3. The fourth-order valence-corrected chi connectivity index (χ4v) is 4.63. The molecule has 0 amide bonds. The van der Waals surface area contributed by atoms with Gasteiger partial charge in [-0.25, -0.2) is 4.98 Å². The Bertz CT molecular complexity index is 1510. The number of fused-ring (bicyclic) bond motifs is 1. The summed E-state index contributed by atoms with van der Waals surface area (Å²) in [5.41, 5.74) is 1.63. The van der Waals surface area contributed by atoms with Gasteiger partial charge in [-0.3, -0.25) is 24.4 Å². The largest absolute Gasteiger partial charge is 0.497 e. The first kappa shape index (κ1) is 24.3. The van der Waals surface area contributed by atoms with E-state index < -0.39 is 4.92 Å². The van der Waals surface area contributed by atoms with Crippen LogP contribution in [0.1, 0.15) is 5.82 Å². The molecular formula is C27H27N5O5. The van der Waals surface area contributed by atoms with Crippen molar-refractivity contribution in [3.05, 3.63) is 93.0 Å². The van der Waals surface area contributed by atoms with Gasteiger partial charge in [0.15, 0.2) is 0 Å². The Morgan fingerprint density at radius 2 is 1.54 bits per heavy atom. The van der Waals surface area contributed by atoms with Crippen molar-refractivity contribution in [1.29, 1.82) is 0 Å². The zero-order valence-corrected chi connectivity index (χ0v) is 20.7. The highest BCUT2D eigenvalue weighted by Gasteiger charge is 2.22. The summed E-state index contributed by atoms with van der Waals surface area (Å²) in [6, 6.07) is 19.4. The standard InChI is InChI=1S/C27H27N5O5/c1-36-22-7-3-5-19(15-22)30-13-11-29(12-14-30)18-26-28-25-10-9-21(32(34)35)17-24(25)27(33)31(26)20-6-4-8-23(16-20)37-2/h3-10,15-17H,11-14,18H2,1-2H3. The molecule has 2 heterocycles. The number of piperazine rings is 1. The maximum absolute atomic E-state index is 13.7.